The van der Waals surface area contributed by atoms with Gasteiger partial charge in [-0.15, -0.1) is 0 Å². The molecule has 0 saturated heterocycles. The van der Waals surface area contributed by atoms with Crippen LogP contribution in [0.25, 0.3) is 0 Å². The summed E-state index contributed by atoms with van der Waals surface area (Å²) in [5, 5.41) is 0.132. The molecule has 5 aliphatic carbocycles. The number of carbonyl (C=O) groups excluding carboxylic acids is 1. The largest absolute Gasteiger partial charge is 0.413 e. The van der Waals surface area contributed by atoms with Crippen molar-refractivity contribution in [1.29, 1.82) is 0 Å². The van der Waals surface area contributed by atoms with Crippen molar-refractivity contribution in [2.75, 3.05) is 6.61 Å². The summed E-state index contributed by atoms with van der Waals surface area (Å²) in [6.45, 7) is 20.1. The third-order valence-corrected chi connectivity index (χ3v) is 15.1. The maximum absolute atomic E-state index is 13.6. The van der Waals surface area contributed by atoms with E-state index in [2.05, 4.69) is 71.6 Å². The number of rotatable bonds is 7. The molecule has 3 nitrogen and oxygen atoms in total. The summed E-state index contributed by atoms with van der Waals surface area (Å²) in [7, 11) is -2.00. The van der Waals surface area contributed by atoms with Crippen LogP contribution in [0.3, 0.4) is 0 Å². The fraction of sp³-hybridized carbons (Fsp3) is 0.690. The van der Waals surface area contributed by atoms with E-state index >= 15 is 0 Å². The first-order valence-electron chi connectivity index (χ1n) is 12.9. The van der Waals surface area contributed by atoms with Gasteiger partial charge < -0.3 is 9.16 Å². The van der Waals surface area contributed by atoms with Crippen molar-refractivity contribution < 1.29 is 14.0 Å². The Hall–Kier alpha value is -1.23. The van der Waals surface area contributed by atoms with Crippen LogP contribution in [0.2, 0.25) is 18.1 Å². The maximum Gasteiger partial charge on any atom is 0.192 e. The number of ketones is 1. The number of Topliss-reactive ketones (excluding diaryl/α,β-unsaturated/α-hetero) is 1. The van der Waals surface area contributed by atoms with E-state index in [0.717, 1.165) is 25.9 Å². The molecule has 5 fully saturated rings. The molecule has 5 aliphatic rings. The molecular formula is C29H42O3Si. The molecule has 2 bridgehead atoms. The SMILES string of the molecule is C=C1[C@@]23C(=O)CCC[C@@]2(C)[C@]1([C@@H]1C[C@H]1COCc1ccccc1)C[C@@H]3O[Si](C)(C)C(C)(C)C. The van der Waals surface area contributed by atoms with Crippen molar-refractivity contribution in [3.63, 3.8) is 0 Å². The van der Waals surface area contributed by atoms with E-state index in [1.165, 1.54) is 17.6 Å². The van der Waals surface area contributed by atoms with E-state index in [1.54, 1.807) is 0 Å². The van der Waals surface area contributed by atoms with Gasteiger partial charge in [0.2, 0.25) is 0 Å². The molecule has 180 valence electrons. The van der Waals surface area contributed by atoms with Crippen molar-refractivity contribution in [1.82, 2.24) is 0 Å². The monoisotopic (exact) mass is 466 g/mol. The van der Waals surface area contributed by atoms with E-state index in [1.807, 2.05) is 6.07 Å². The molecule has 0 amide bonds. The Kier molecular flexibility index (Phi) is 5.26. The Morgan fingerprint density at radius 1 is 1.18 bits per heavy atom. The highest BCUT2D eigenvalue weighted by Crippen LogP contribution is 2.89. The van der Waals surface area contributed by atoms with Gasteiger partial charge in [-0.1, -0.05) is 70.2 Å². The molecule has 4 heteroatoms. The quantitative estimate of drug-likeness (QED) is 0.323. The van der Waals surface area contributed by atoms with E-state index in [-0.39, 0.29) is 22.0 Å². The second kappa shape index (κ2) is 7.38. The Bertz CT molecular complexity index is 963. The molecule has 6 atom stereocenters. The van der Waals surface area contributed by atoms with Crippen LogP contribution in [0, 0.1) is 28.1 Å². The van der Waals surface area contributed by atoms with E-state index in [4.69, 9.17) is 9.16 Å². The zero-order valence-corrected chi connectivity index (χ0v) is 22.5. The van der Waals surface area contributed by atoms with Gasteiger partial charge in [-0.2, -0.15) is 0 Å². The highest BCUT2D eigenvalue weighted by atomic mass is 28.4. The van der Waals surface area contributed by atoms with Crippen LogP contribution in [0.5, 0.6) is 0 Å². The van der Waals surface area contributed by atoms with Crippen LogP contribution in [0.4, 0.5) is 0 Å². The van der Waals surface area contributed by atoms with Gasteiger partial charge in [-0.05, 0) is 66.6 Å². The Balaban J connectivity index is 1.37. The third kappa shape index (κ3) is 2.96. The third-order valence-electron chi connectivity index (χ3n) is 10.6. The Morgan fingerprint density at radius 3 is 2.55 bits per heavy atom. The van der Waals surface area contributed by atoms with Crippen molar-refractivity contribution >= 4 is 14.1 Å². The molecule has 1 aromatic rings. The average Bonchev–Trinajstić information content (AvgIpc) is 3.39. The molecule has 0 N–H and O–H groups in total. The summed E-state index contributed by atoms with van der Waals surface area (Å²) in [6.07, 6.45) is 5.02. The first kappa shape index (κ1) is 23.5. The normalized spacial score (nSPS) is 39.9. The number of fused-ring (bicyclic) bond motifs is 1. The van der Waals surface area contributed by atoms with E-state index in [0.29, 0.717) is 30.6 Å². The minimum Gasteiger partial charge on any atom is -0.413 e. The Labute approximate surface area is 201 Å². The van der Waals surface area contributed by atoms with Crippen molar-refractivity contribution in [3.8, 4) is 0 Å². The summed E-state index contributed by atoms with van der Waals surface area (Å²) in [6, 6.07) is 10.4. The Morgan fingerprint density at radius 2 is 1.88 bits per heavy atom. The maximum atomic E-state index is 13.6. The van der Waals surface area contributed by atoms with Crippen LogP contribution in [-0.2, 0) is 20.6 Å². The lowest BCUT2D eigenvalue weighted by atomic mass is 9.34. The average molecular weight is 467 g/mol. The number of benzene rings is 1. The van der Waals surface area contributed by atoms with Crippen LogP contribution >= 0.6 is 0 Å². The van der Waals surface area contributed by atoms with Crippen molar-refractivity contribution in [2.24, 2.45) is 28.1 Å². The molecule has 0 heterocycles. The molecule has 6 rings (SSSR count). The summed E-state index contributed by atoms with van der Waals surface area (Å²) in [4.78, 5) is 13.6. The van der Waals surface area contributed by atoms with E-state index < -0.39 is 13.7 Å². The van der Waals surface area contributed by atoms with Crippen molar-refractivity contribution in [2.45, 2.75) is 90.6 Å². The molecule has 5 saturated carbocycles. The number of hydrogen-bond acceptors (Lipinski definition) is 3. The highest BCUT2D eigenvalue weighted by molar-refractivity contribution is 6.74. The molecule has 1 spiro atoms. The predicted octanol–water partition coefficient (Wildman–Crippen LogP) is 6.94. The standard InChI is InChI=1S/C29H42O3Si/c1-20-28(23-16-22(23)19-31-18-21-12-9-8-10-13-21)17-25(32-33(6,7)26(2,3)4)29(20)24(30)14-11-15-27(28,29)5/h8-10,12-13,22-23,25H,1,11,14-19H2,2-7H3/t22-,23+,25-,27-,28+,29-/m0/s1. The minimum atomic E-state index is -2.00. The van der Waals surface area contributed by atoms with E-state index in [9.17, 15) is 4.79 Å². The molecule has 0 unspecified atom stereocenters. The lowest BCUT2D eigenvalue weighted by molar-refractivity contribution is -0.167. The second-order valence-corrected chi connectivity index (χ2v) is 17.8. The fourth-order valence-corrected chi connectivity index (χ4v) is 9.24. The van der Waals surface area contributed by atoms with Crippen molar-refractivity contribution in [3.05, 3.63) is 48.0 Å². The van der Waals surface area contributed by atoms with Crippen LogP contribution < -0.4 is 0 Å². The second-order valence-electron chi connectivity index (χ2n) is 13.0. The fourth-order valence-electron chi connectivity index (χ4n) is 7.91. The highest BCUT2D eigenvalue weighted by Gasteiger charge is 2.88. The molecule has 0 aromatic heterocycles. The van der Waals surface area contributed by atoms with Gasteiger partial charge in [-0.3, -0.25) is 4.79 Å². The summed E-state index contributed by atoms with van der Waals surface area (Å²) >= 11 is 0. The smallest absolute Gasteiger partial charge is 0.192 e. The number of carbonyl (C=O) groups is 1. The van der Waals surface area contributed by atoms with Crippen LogP contribution in [0.1, 0.15) is 65.4 Å². The lowest BCUT2D eigenvalue weighted by Gasteiger charge is -2.68. The number of ether oxygens (including phenoxy) is 1. The van der Waals surface area contributed by atoms with Gasteiger partial charge in [0.1, 0.15) is 5.78 Å². The molecule has 33 heavy (non-hydrogen) atoms. The molecule has 1 aromatic carbocycles. The minimum absolute atomic E-state index is 0.00169. The first-order valence-corrected chi connectivity index (χ1v) is 15.9. The molecule has 0 aliphatic heterocycles. The zero-order valence-electron chi connectivity index (χ0n) is 21.5. The van der Waals surface area contributed by atoms with Gasteiger partial charge in [0, 0.05) is 11.8 Å². The molecular weight excluding hydrogens is 424 g/mol. The number of hydrogen-bond donors (Lipinski definition) is 0. The van der Waals surface area contributed by atoms with Crippen LogP contribution in [0.15, 0.2) is 42.5 Å². The summed E-state index contributed by atoms with van der Waals surface area (Å²) in [5.41, 5.74) is 2.06. The van der Waals surface area contributed by atoms with Crippen LogP contribution in [-0.4, -0.2) is 26.8 Å². The first-order chi connectivity index (χ1) is 15.4. The van der Waals surface area contributed by atoms with Gasteiger partial charge in [0.05, 0.1) is 24.7 Å². The summed E-state index contributed by atoms with van der Waals surface area (Å²) < 4.78 is 13.2. The van der Waals surface area contributed by atoms with Gasteiger partial charge in [0.15, 0.2) is 8.32 Å². The topological polar surface area (TPSA) is 35.5 Å². The van der Waals surface area contributed by atoms with Gasteiger partial charge in [-0.25, -0.2) is 0 Å². The lowest BCUT2D eigenvalue weighted by Crippen LogP contribution is -2.68. The molecule has 0 radical (unpaired) electrons. The van der Waals surface area contributed by atoms with Gasteiger partial charge >= 0.3 is 0 Å². The van der Waals surface area contributed by atoms with Gasteiger partial charge in [0.25, 0.3) is 0 Å². The zero-order chi connectivity index (χ0) is 23.9. The summed E-state index contributed by atoms with van der Waals surface area (Å²) in [5.74, 6) is 1.57. The predicted molar refractivity (Wildman–Crippen MR) is 135 cm³/mol.